The molecular weight excluding hydrogens is 687 g/mol. The molecule has 52 heavy (non-hydrogen) atoms. The fourth-order valence-electron chi connectivity index (χ4n) is 7.98. The highest BCUT2D eigenvalue weighted by atomic mass is 32.2. The van der Waals surface area contributed by atoms with E-state index in [0.717, 1.165) is 60.4 Å². The van der Waals surface area contributed by atoms with Gasteiger partial charge in [0.1, 0.15) is 10.6 Å². The minimum atomic E-state index is -3.93. The molecule has 6 rings (SSSR count). The Balaban J connectivity index is 1.15. The molecule has 8 nitrogen and oxygen atoms in total. The number of anilines is 1. The number of sulfone groups is 1. The number of aromatic nitrogens is 1. The summed E-state index contributed by atoms with van der Waals surface area (Å²) in [5.41, 5.74) is 1.59. The second kappa shape index (κ2) is 17.7. The summed E-state index contributed by atoms with van der Waals surface area (Å²) in [7, 11) is -6.07. The standard InChI is InChI=1S/C42H57N3O5SSi/c1-3-4-5-6-7-8-9-13-30-50-35-16-18-36(19-17-35)51(47,48)40-32-43-39-21-20-37(52(2)49)31-38(39)41(40)45-26-22-34(23-27-45)44-28-24-42(46,25-29-44)33-14-11-10-12-15-33/h10-12,14-21,31-32,34,46,49,52H,3-9,13,22-30H2,1-2H3. The molecule has 2 aliphatic heterocycles. The van der Waals surface area contributed by atoms with E-state index in [4.69, 9.17) is 4.74 Å². The van der Waals surface area contributed by atoms with E-state index in [2.05, 4.69) is 21.7 Å². The molecule has 10 heteroatoms. The van der Waals surface area contributed by atoms with E-state index in [-0.39, 0.29) is 9.79 Å². The maximum absolute atomic E-state index is 14.4. The lowest BCUT2D eigenvalue weighted by Crippen LogP contribution is -2.50. The highest BCUT2D eigenvalue weighted by Crippen LogP contribution is 2.39. The topological polar surface area (TPSA) is 103 Å². The molecule has 0 saturated carbocycles. The number of nitrogens with zero attached hydrogens (tertiary/aromatic N) is 3. The van der Waals surface area contributed by atoms with Crippen molar-refractivity contribution in [2.24, 2.45) is 0 Å². The van der Waals surface area contributed by atoms with Crippen LogP contribution in [0.4, 0.5) is 5.69 Å². The van der Waals surface area contributed by atoms with Gasteiger partial charge in [-0.1, -0.05) is 88.3 Å². The Bertz CT molecular complexity index is 1840. The number of ether oxygens (including phenoxy) is 1. The van der Waals surface area contributed by atoms with Gasteiger partial charge < -0.3 is 24.4 Å². The Labute approximate surface area is 312 Å². The van der Waals surface area contributed by atoms with Gasteiger partial charge in [0.05, 0.1) is 28.3 Å². The molecule has 0 aliphatic carbocycles. The van der Waals surface area contributed by atoms with Crippen LogP contribution in [0.1, 0.15) is 89.5 Å². The van der Waals surface area contributed by atoms with E-state index in [1.807, 2.05) is 55.1 Å². The largest absolute Gasteiger partial charge is 0.494 e. The highest BCUT2D eigenvalue weighted by Gasteiger charge is 2.37. The first-order chi connectivity index (χ1) is 25.2. The van der Waals surface area contributed by atoms with E-state index in [0.29, 0.717) is 50.0 Å². The molecule has 1 unspecified atom stereocenters. The maximum Gasteiger partial charge on any atom is 0.210 e. The van der Waals surface area contributed by atoms with Crippen LogP contribution in [0.3, 0.4) is 0 Å². The van der Waals surface area contributed by atoms with Crippen LogP contribution in [0, 0.1) is 0 Å². The van der Waals surface area contributed by atoms with Gasteiger partial charge in [-0.05, 0) is 85.8 Å². The van der Waals surface area contributed by atoms with Crippen molar-refractivity contribution in [1.29, 1.82) is 0 Å². The number of benzene rings is 3. The van der Waals surface area contributed by atoms with E-state index >= 15 is 0 Å². The van der Waals surface area contributed by atoms with Crippen LogP contribution >= 0.6 is 0 Å². The van der Waals surface area contributed by atoms with Crippen molar-refractivity contribution < 1.29 is 23.1 Å². The summed E-state index contributed by atoms with van der Waals surface area (Å²) in [5, 5.41) is 13.0. The molecule has 1 atom stereocenters. The lowest BCUT2D eigenvalue weighted by Gasteiger charge is -2.45. The Morgan fingerprint density at radius 3 is 2.17 bits per heavy atom. The average molecular weight is 744 g/mol. The Hall–Kier alpha value is -3.28. The zero-order valence-corrected chi connectivity index (χ0v) is 33.0. The van der Waals surface area contributed by atoms with Crippen molar-refractivity contribution in [2.75, 3.05) is 37.7 Å². The van der Waals surface area contributed by atoms with E-state index in [9.17, 15) is 18.3 Å². The molecule has 0 bridgehead atoms. The Kier molecular flexibility index (Phi) is 13.1. The number of fused-ring (bicyclic) bond motifs is 1. The molecule has 4 aromatic rings. The lowest BCUT2D eigenvalue weighted by molar-refractivity contribution is -0.0379. The molecule has 280 valence electrons. The van der Waals surface area contributed by atoms with Gasteiger partial charge >= 0.3 is 0 Å². The van der Waals surface area contributed by atoms with Gasteiger partial charge in [-0.3, -0.25) is 4.98 Å². The van der Waals surface area contributed by atoms with Gasteiger partial charge in [-0.2, -0.15) is 0 Å². The van der Waals surface area contributed by atoms with Gasteiger partial charge in [-0.25, -0.2) is 8.42 Å². The predicted molar refractivity (Wildman–Crippen MR) is 213 cm³/mol. The molecule has 2 aliphatic rings. The first-order valence-corrected chi connectivity index (χ1v) is 23.3. The zero-order chi connectivity index (χ0) is 36.6. The number of likely N-dealkylation sites (tertiary alicyclic amines) is 1. The number of hydrogen-bond acceptors (Lipinski definition) is 8. The van der Waals surface area contributed by atoms with Crippen LogP contribution < -0.4 is 14.8 Å². The number of pyridine rings is 1. The lowest BCUT2D eigenvalue weighted by atomic mass is 9.83. The Morgan fingerprint density at radius 2 is 1.52 bits per heavy atom. The van der Waals surface area contributed by atoms with E-state index in [1.54, 1.807) is 24.3 Å². The molecule has 1 aromatic heterocycles. The van der Waals surface area contributed by atoms with Gasteiger partial charge in [0.25, 0.3) is 0 Å². The first-order valence-electron chi connectivity index (χ1n) is 19.6. The molecule has 2 saturated heterocycles. The van der Waals surface area contributed by atoms with E-state index < -0.39 is 24.5 Å². The monoisotopic (exact) mass is 743 g/mol. The van der Waals surface area contributed by atoms with Crippen LogP contribution in [0.2, 0.25) is 6.55 Å². The van der Waals surface area contributed by atoms with Crippen LogP contribution in [0.25, 0.3) is 10.9 Å². The molecule has 3 heterocycles. The summed E-state index contributed by atoms with van der Waals surface area (Å²) < 4.78 is 34.8. The molecule has 2 fully saturated rings. The summed E-state index contributed by atoms with van der Waals surface area (Å²) in [5.74, 6) is 0.673. The van der Waals surface area contributed by atoms with Crippen LogP contribution in [-0.4, -0.2) is 76.1 Å². The zero-order valence-electron chi connectivity index (χ0n) is 31.1. The number of aliphatic hydroxyl groups is 1. The fraction of sp³-hybridized carbons (Fsp3) is 0.500. The number of unbranched alkanes of at least 4 members (excludes halogenated alkanes) is 7. The van der Waals surface area contributed by atoms with Crippen LogP contribution in [0.15, 0.2) is 88.8 Å². The third-order valence-electron chi connectivity index (χ3n) is 11.2. The average Bonchev–Trinajstić information content (AvgIpc) is 3.17. The van der Waals surface area contributed by atoms with Crippen LogP contribution in [0.5, 0.6) is 5.75 Å². The maximum atomic E-state index is 14.4. The van der Waals surface area contributed by atoms with Crippen molar-refractivity contribution >= 4 is 40.7 Å². The normalized spacial score (nSPS) is 17.7. The fourth-order valence-corrected chi connectivity index (χ4v) is 10.2. The second-order valence-electron chi connectivity index (χ2n) is 14.9. The van der Waals surface area contributed by atoms with Gasteiger partial charge in [0.15, 0.2) is 0 Å². The van der Waals surface area contributed by atoms with Crippen molar-refractivity contribution in [3.63, 3.8) is 0 Å². The summed E-state index contributed by atoms with van der Waals surface area (Å²) in [6, 6.07) is 22.9. The third-order valence-corrected chi connectivity index (χ3v) is 14.3. The minimum Gasteiger partial charge on any atom is -0.494 e. The number of piperidine rings is 2. The molecule has 0 radical (unpaired) electrons. The summed E-state index contributed by atoms with van der Waals surface area (Å²) >= 11 is 0. The quantitative estimate of drug-likeness (QED) is 0.0927. The SMILES string of the molecule is CCCCCCCCCCOc1ccc(S(=O)(=O)c2cnc3ccc([SiH](C)O)cc3c2N2CCC(N3CCC(O)(c4ccccc4)CC3)CC2)cc1. The molecule has 3 aromatic carbocycles. The van der Waals surface area contributed by atoms with Crippen molar-refractivity contribution in [2.45, 2.75) is 112 Å². The van der Waals surface area contributed by atoms with E-state index in [1.165, 1.54) is 44.7 Å². The van der Waals surface area contributed by atoms with Gasteiger partial charge in [0, 0.05) is 43.8 Å². The molecule has 2 N–H and O–H groups in total. The smallest absolute Gasteiger partial charge is 0.210 e. The first kappa shape index (κ1) is 38.4. The molecule has 0 spiro atoms. The summed E-state index contributed by atoms with van der Waals surface area (Å²) in [4.78, 5) is 20.4. The van der Waals surface area contributed by atoms with Gasteiger partial charge in [-0.15, -0.1) is 0 Å². The second-order valence-corrected chi connectivity index (χ2v) is 18.8. The van der Waals surface area contributed by atoms with Crippen molar-refractivity contribution in [1.82, 2.24) is 9.88 Å². The molecule has 0 amide bonds. The highest BCUT2D eigenvalue weighted by molar-refractivity contribution is 7.91. The minimum absolute atomic E-state index is 0.196. The Morgan fingerprint density at radius 1 is 0.865 bits per heavy atom. The summed E-state index contributed by atoms with van der Waals surface area (Å²) in [6.07, 6.45) is 14.5. The molecular formula is C42H57N3O5SSi. The third kappa shape index (κ3) is 9.08. The number of hydrogen-bond donors (Lipinski definition) is 2. The van der Waals surface area contributed by atoms with Crippen molar-refractivity contribution in [3.8, 4) is 5.75 Å². The van der Waals surface area contributed by atoms with Crippen LogP contribution in [-0.2, 0) is 15.4 Å². The van der Waals surface area contributed by atoms with Crippen molar-refractivity contribution in [3.05, 3.63) is 84.6 Å². The number of rotatable bonds is 16. The predicted octanol–water partition coefficient (Wildman–Crippen LogP) is 7.09. The van der Waals surface area contributed by atoms with Gasteiger partial charge in [0.2, 0.25) is 18.9 Å². The summed E-state index contributed by atoms with van der Waals surface area (Å²) in [6.45, 7) is 7.78.